The lowest BCUT2D eigenvalue weighted by Crippen LogP contribution is -2.11. The molecule has 0 radical (unpaired) electrons. The number of aromatic nitrogens is 2. The molecule has 3 aromatic carbocycles. The standard InChI is InChI=1S/C36H40N2O8/c39-15-17-41-19-21-43-23-25-45-31-9-3-27(4-10-31)33-13-7-29-1-2-30-8-14-34(38-36(30)35(29)37-33)28-5-11-32(12-6-28)46-26-24-44-22-20-42-18-16-40/h1-14,39-40H,15-26H2. The summed E-state index contributed by atoms with van der Waals surface area (Å²) in [5.74, 6) is 1.51. The van der Waals surface area contributed by atoms with Crippen molar-refractivity contribution in [1.29, 1.82) is 0 Å². The maximum Gasteiger partial charge on any atom is 0.119 e. The second-order valence-electron chi connectivity index (χ2n) is 10.2. The predicted molar refractivity (Wildman–Crippen MR) is 176 cm³/mol. The molecule has 0 saturated carbocycles. The summed E-state index contributed by atoms with van der Waals surface area (Å²) in [4.78, 5) is 10.1. The molecule has 2 aromatic heterocycles. The van der Waals surface area contributed by atoms with E-state index >= 15 is 0 Å². The molecule has 2 heterocycles. The van der Waals surface area contributed by atoms with Crippen LogP contribution in [0.3, 0.4) is 0 Å². The zero-order valence-corrected chi connectivity index (χ0v) is 25.8. The Hall–Kier alpha value is -4.16. The third-order valence-electron chi connectivity index (χ3n) is 7.03. The first-order chi connectivity index (χ1) is 22.7. The first-order valence-electron chi connectivity index (χ1n) is 15.4. The lowest BCUT2D eigenvalue weighted by molar-refractivity contribution is 0.0247. The van der Waals surface area contributed by atoms with Gasteiger partial charge in [-0.05, 0) is 60.7 Å². The van der Waals surface area contributed by atoms with E-state index in [-0.39, 0.29) is 13.2 Å². The minimum atomic E-state index is 0.0124. The molecule has 0 aliphatic rings. The molecule has 0 bridgehead atoms. The van der Waals surface area contributed by atoms with Gasteiger partial charge < -0.3 is 38.6 Å². The summed E-state index contributed by atoms with van der Waals surface area (Å²) < 4.78 is 32.9. The van der Waals surface area contributed by atoms with Gasteiger partial charge in [-0.3, -0.25) is 0 Å². The summed E-state index contributed by atoms with van der Waals surface area (Å²) in [5, 5.41) is 19.5. The molecule has 2 N–H and O–H groups in total. The average Bonchev–Trinajstić information content (AvgIpc) is 3.10. The van der Waals surface area contributed by atoms with Crippen LogP contribution in [-0.4, -0.2) is 99.5 Å². The number of aliphatic hydroxyl groups excluding tert-OH is 2. The fourth-order valence-electron chi connectivity index (χ4n) is 4.74. The number of pyridine rings is 2. The van der Waals surface area contributed by atoms with E-state index in [1.807, 2.05) is 60.7 Å². The minimum Gasteiger partial charge on any atom is -0.491 e. The Kier molecular flexibility index (Phi) is 13.1. The number of ether oxygens (including phenoxy) is 6. The van der Waals surface area contributed by atoms with Gasteiger partial charge in [0.25, 0.3) is 0 Å². The smallest absolute Gasteiger partial charge is 0.119 e. The predicted octanol–water partition coefficient (Wildman–Crippen LogP) is 4.93. The molecular weight excluding hydrogens is 588 g/mol. The van der Waals surface area contributed by atoms with E-state index in [9.17, 15) is 0 Å². The SMILES string of the molecule is OCCOCCOCCOc1ccc(-c2ccc3ccc4ccc(-c5ccc(OCCOCCOCCO)cc5)nc4c3n2)cc1. The maximum atomic E-state index is 8.71. The largest absolute Gasteiger partial charge is 0.491 e. The highest BCUT2D eigenvalue weighted by Crippen LogP contribution is 2.30. The fourth-order valence-corrected chi connectivity index (χ4v) is 4.74. The van der Waals surface area contributed by atoms with Crippen LogP contribution in [0.2, 0.25) is 0 Å². The number of fused-ring (bicyclic) bond motifs is 3. The molecule has 0 aliphatic heterocycles. The Bertz CT molecular complexity index is 1510. The van der Waals surface area contributed by atoms with Gasteiger partial charge in [0, 0.05) is 21.9 Å². The van der Waals surface area contributed by atoms with Crippen LogP contribution in [0.4, 0.5) is 0 Å². The molecule has 0 spiro atoms. The Morgan fingerprint density at radius 2 is 0.739 bits per heavy atom. The lowest BCUT2D eigenvalue weighted by atomic mass is 10.1. The Labute approximate surface area is 268 Å². The van der Waals surface area contributed by atoms with Crippen LogP contribution in [0.1, 0.15) is 0 Å². The van der Waals surface area contributed by atoms with Gasteiger partial charge in [0.1, 0.15) is 24.7 Å². The topological polar surface area (TPSA) is 122 Å². The van der Waals surface area contributed by atoms with E-state index in [4.69, 9.17) is 48.6 Å². The molecule has 0 unspecified atom stereocenters. The van der Waals surface area contributed by atoms with Gasteiger partial charge in [0.2, 0.25) is 0 Å². The third kappa shape index (κ3) is 9.67. The summed E-state index contributed by atoms with van der Waals surface area (Å²) in [5.41, 5.74) is 5.37. The van der Waals surface area contributed by atoms with Crippen molar-refractivity contribution in [3.05, 3.63) is 84.9 Å². The van der Waals surface area contributed by atoms with Gasteiger partial charge in [-0.25, -0.2) is 9.97 Å². The number of rotatable bonds is 20. The Balaban J connectivity index is 1.20. The molecule has 10 heteroatoms. The molecule has 242 valence electrons. The van der Waals surface area contributed by atoms with Gasteiger partial charge in [-0.2, -0.15) is 0 Å². The van der Waals surface area contributed by atoms with Gasteiger partial charge >= 0.3 is 0 Å². The van der Waals surface area contributed by atoms with Crippen molar-refractivity contribution in [2.24, 2.45) is 0 Å². The minimum absolute atomic E-state index is 0.0124. The quantitative estimate of drug-likeness (QED) is 0.0907. The van der Waals surface area contributed by atoms with E-state index in [2.05, 4.69) is 24.3 Å². The van der Waals surface area contributed by atoms with Crippen LogP contribution in [0.15, 0.2) is 84.9 Å². The summed E-state index contributed by atoms with van der Waals surface area (Å²) in [7, 11) is 0. The molecule has 0 saturated heterocycles. The van der Waals surface area contributed by atoms with Crippen molar-refractivity contribution in [1.82, 2.24) is 9.97 Å². The molecule has 5 aromatic rings. The van der Waals surface area contributed by atoms with E-state index in [1.54, 1.807) is 0 Å². The second-order valence-corrected chi connectivity index (χ2v) is 10.2. The van der Waals surface area contributed by atoms with E-state index in [0.29, 0.717) is 66.1 Å². The normalized spacial score (nSPS) is 11.3. The molecule has 10 nitrogen and oxygen atoms in total. The van der Waals surface area contributed by atoms with Crippen molar-refractivity contribution >= 4 is 21.8 Å². The van der Waals surface area contributed by atoms with Crippen molar-refractivity contribution in [3.8, 4) is 34.0 Å². The molecule has 0 atom stereocenters. The number of hydrogen-bond acceptors (Lipinski definition) is 10. The van der Waals surface area contributed by atoms with Crippen LogP contribution >= 0.6 is 0 Å². The first-order valence-corrected chi connectivity index (χ1v) is 15.4. The summed E-state index contributed by atoms with van der Waals surface area (Å²) >= 11 is 0. The second kappa shape index (κ2) is 18.1. The van der Waals surface area contributed by atoms with Crippen molar-refractivity contribution < 1.29 is 38.6 Å². The van der Waals surface area contributed by atoms with E-state index in [1.165, 1.54) is 0 Å². The lowest BCUT2D eigenvalue weighted by Gasteiger charge is -2.10. The fraction of sp³-hybridized carbons (Fsp3) is 0.333. The Morgan fingerprint density at radius 1 is 0.391 bits per heavy atom. The number of nitrogens with zero attached hydrogens (tertiary/aromatic N) is 2. The zero-order chi connectivity index (χ0) is 31.8. The maximum absolute atomic E-state index is 8.71. The summed E-state index contributed by atoms with van der Waals surface area (Å²) in [6.45, 7) is 4.26. The molecule has 0 amide bonds. The van der Waals surface area contributed by atoms with Crippen LogP contribution in [-0.2, 0) is 18.9 Å². The highest BCUT2D eigenvalue weighted by Gasteiger charge is 2.09. The van der Waals surface area contributed by atoms with E-state index in [0.717, 1.165) is 55.8 Å². The van der Waals surface area contributed by atoms with Gasteiger partial charge in [0.05, 0.1) is 88.5 Å². The molecule has 5 rings (SSSR count). The molecule has 46 heavy (non-hydrogen) atoms. The monoisotopic (exact) mass is 628 g/mol. The van der Waals surface area contributed by atoms with Crippen molar-refractivity contribution in [2.75, 3.05) is 79.3 Å². The average molecular weight is 629 g/mol. The molecule has 0 aliphatic carbocycles. The highest BCUT2D eigenvalue weighted by atomic mass is 16.6. The number of benzene rings is 3. The molecule has 0 fully saturated rings. The van der Waals surface area contributed by atoms with Gasteiger partial charge in [0.15, 0.2) is 0 Å². The zero-order valence-electron chi connectivity index (χ0n) is 25.8. The third-order valence-corrected chi connectivity index (χ3v) is 7.03. The van der Waals surface area contributed by atoms with Crippen LogP contribution < -0.4 is 9.47 Å². The number of aliphatic hydroxyl groups is 2. The summed E-state index contributed by atoms with van der Waals surface area (Å²) in [6, 6.07) is 28.1. The number of hydrogen-bond donors (Lipinski definition) is 2. The first kappa shape index (κ1) is 33.2. The van der Waals surface area contributed by atoms with Gasteiger partial charge in [-0.1, -0.05) is 24.3 Å². The van der Waals surface area contributed by atoms with Crippen molar-refractivity contribution in [3.63, 3.8) is 0 Å². The van der Waals surface area contributed by atoms with Crippen LogP contribution in [0.25, 0.3) is 44.3 Å². The summed E-state index contributed by atoms with van der Waals surface area (Å²) in [6.07, 6.45) is 0. The molecular formula is C36H40N2O8. The Morgan fingerprint density at radius 3 is 1.13 bits per heavy atom. The van der Waals surface area contributed by atoms with Gasteiger partial charge in [-0.15, -0.1) is 0 Å². The highest BCUT2D eigenvalue weighted by molar-refractivity contribution is 6.04. The van der Waals surface area contributed by atoms with E-state index < -0.39 is 0 Å². The van der Waals surface area contributed by atoms with Crippen molar-refractivity contribution in [2.45, 2.75) is 0 Å². The van der Waals surface area contributed by atoms with Crippen LogP contribution in [0.5, 0.6) is 11.5 Å². The van der Waals surface area contributed by atoms with Crippen LogP contribution in [0, 0.1) is 0 Å².